The Morgan fingerprint density at radius 1 is 0.762 bits per heavy atom. The number of aliphatic imine (C=N–C) groups is 1. The van der Waals surface area contributed by atoms with E-state index >= 15 is 0 Å². The van der Waals surface area contributed by atoms with Gasteiger partial charge in [-0.25, -0.2) is 0 Å². The SMILES string of the molecule is CCN=C(C)N(CC)[Si](N(C)CC)(N(C)CC)N(C)CC. The quantitative estimate of drug-likeness (QED) is 0.369. The molecule has 0 saturated heterocycles. The van der Waals surface area contributed by atoms with Crippen LogP contribution in [0.1, 0.15) is 41.5 Å². The van der Waals surface area contributed by atoms with E-state index in [0.717, 1.165) is 38.6 Å². The lowest BCUT2D eigenvalue weighted by Crippen LogP contribution is -2.81. The zero-order chi connectivity index (χ0) is 16.6. The Balaban J connectivity index is 6.11. The lowest BCUT2D eigenvalue weighted by molar-refractivity contribution is 0.257. The van der Waals surface area contributed by atoms with E-state index in [1.54, 1.807) is 0 Å². The highest BCUT2D eigenvalue weighted by atomic mass is 28.4. The Morgan fingerprint density at radius 3 is 1.38 bits per heavy atom. The van der Waals surface area contributed by atoms with Crippen LogP contribution in [0.3, 0.4) is 0 Å². The smallest absolute Gasteiger partial charge is 0.350 e. The summed E-state index contributed by atoms with van der Waals surface area (Å²) in [5.74, 6) is 1.16. The molecule has 0 rings (SSSR count). The summed E-state index contributed by atoms with van der Waals surface area (Å²) in [5, 5.41) is 0. The molecule has 126 valence electrons. The number of hydrogen-bond donors (Lipinski definition) is 0. The monoisotopic (exact) mass is 315 g/mol. The molecule has 6 heteroatoms. The van der Waals surface area contributed by atoms with Crippen molar-refractivity contribution in [1.29, 1.82) is 0 Å². The summed E-state index contributed by atoms with van der Waals surface area (Å²) < 4.78 is 10.2. The first-order valence-electron chi connectivity index (χ1n) is 8.30. The van der Waals surface area contributed by atoms with Gasteiger partial charge in [0, 0.05) is 13.1 Å². The molecule has 0 N–H and O–H groups in total. The summed E-state index contributed by atoms with van der Waals surface area (Å²) in [4.78, 5) is 4.71. The third kappa shape index (κ3) is 4.06. The van der Waals surface area contributed by atoms with E-state index in [1.807, 2.05) is 0 Å². The summed E-state index contributed by atoms with van der Waals surface area (Å²) in [6, 6.07) is 0. The first kappa shape index (κ1) is 20.6. The van der Waals surface area contributed by atoms with Gasteiger partial charge in [0.05, 0.1) is 5.84 Å². The minimum atomic E-state index is -2.13. The van der Waals surface area contributed by atoms with Crippen molar-refractivity contribution in [3.63, 3.8) is 0 Å². The molecule has 0 aromatic rings. The minimum Gasteiger partial charge on any atom is -0.350 e. The van der Waals surface area contributed by atoms with Gasteiger partial charge in [-0.15, -0.1) is 0 Å². The molecule has 0 radical (unpaired) electrons. The van der Waals surface area contributed by atoms with Gasteiger partial charge in [0.2, 0.25) is 0 Å². The van der Waals surface area contributed by atoms with Crippen LogP contribution in [0.2, 0.25) is 0 Å². The predicted molar refractivity (Wildman–Crippen MR) is 96.7 cm³/mol. The van der Waals surface area contributed by atoms with Gasteiger partial charge in [0.15, 0.2) is 0 Å². The fourth-order valence-corrected chi connectivity index (χ4v) is 8.29. The zero-order valence-electron chi connectivity index (χ0n) is 15.8. The molecule has 0 aliphatic heterocycles. The van der Waals surface area contributed by atoms with Crippen molar-refractivity contribution in [3.05, 3.63) is 0 Å². The van der Waals surface area contributed by atoms with Crippen LogP contribution in [0.15, 0.2) is 4.99 Å². The zero-order valence-corrected chi connectivity index (χ0v) is 16.8. The van der Waals surface area contributed by atoms with Crippen molar-refractivity contribution >= 4 is 14.6 Å². The van der Waals surface area contributed by atoms with E-state index in [4.69, 9.17) is 4.99 Å². The largest absolute Gasteiger partial charge is 0.408 e. The molecule has 0 aliphatic carbocycles. The second-order valence-corrected chi connectivity index (χ2v) is 9.44. The maximum atomic E-state index is 4.71. The van der Waals surface area contributed by atoms with Gasteiger partial charge in [-0.3, -0.25) is 18.7 Å². The Bertz CT molecular complexity index is 295. The summed E-state index contributed by atoms with van der Waals surface area (Å²) in [6.45, 7) is 18.2. The lowest BCUT2D eigenvalue weighted by atomic mass is 10.6. The van der Waals surface area contributed by atoms with Gasteiger partial charge >= 0.3 is 8.72 Å². The Labute approximate surface area is 133 Å². The summed E-state index contributed by atoms with van der Waals surface area (Å²) in [5.41, 5.74) is 0. The second-order valence-electron chi connectivity index (χ2n) is 5.41. The van der Waals surface area contributed by atoms with Gasteiger partial charge < -0.3 is 4.57 Å². The molecule has 0 fully saturated rings. The molecule has 0 aromatic heterocycles. The van der Waals surface area contributed by atoms with Crippen molar-refractivity contribution in [3.8, 4) is 0 Å². The molecule has 0 saturated carbocycles. The fraction of sp³-hybridized carbons (Fsp3) is 0.933. The van der Waals surface area contributed by atoms with Crippen molar-refractivity contribution in [2.75, 3.05) is 53.9 Å². The molecule has 5 nitrogen and oxygen atoms in total. The third-order valence-electron chi connectivity index (χ3n) is 4.42. The number of rotatable bonds is 9. The van der Waals surface area contributed by atoms with Crippen molar-refractivity contribution in [1.82, 2.24) is 18.3 Å². The summed E-state index contributed by atoms with van der Waals surface area (Å²) in [7, 11) is 4.64. The molecule has 0 heterocycles. The van der Waals surface area contributed by atoms with E-state index < -0.39 is 8.72 Å². The maximum Gasteiger partial charge on any atom is 0.408 e. The average molecular weight is 316 g/mol. The van der Waals surface area contributed by atoms with Crippen LogP contribution in [0.25, 0.3) is 0 Å². The summed E-state index contributed by atoms with van der Waals surface area (Å²) >= 11 is 0. The van der Waals surface area contributed by atoms with Crippen LogP contribution in [0, 0.1) is 0 Å². The highest BCUT2D eigenvalue weighted by Crippen LogP contribution is 2.22. The topological polar surface area (TPSA) is 25.3 Å². The van der Waals surface area contributed by atoms with Crippen LogP contribution in [-0.2, 0) is 0 Å². The number of amidine groups is 1. The first-order valence-corrected chi connectivity index (χ1v) is 10.1. The van der Waals surface area contributed by atoms with Crippen LogP contribution in [-0.4, -0.2) is 86.7 Å². The van der Waals surface area contributed by atoms with Gasteiger partial charge in [-0.05, 0) is 61.5 Å². The molecule has 0 bridgehead atoms. The normalized spacial score (nSPS) is 13.6. The van der Waals surface area contributed by atoms with Crippen molar-refractivity contribution < 1.29 is 0 Å². The highest BCUT2D eigenvalue weighted by Gasteiger charge is 2.52. The van der Waals surface area contributed by atoms with E-state index in [2.05, 4.69) is 80.9 Å². The molecule has 0 aliphatic rings. The molecular weight excluding hydrogens is 278 g/mol. The first-order chi connectivity index (χ1) is 9.87. The maximum absolute atomic E-state index is 4.71. The van der Waals surface area contributed by atoms with E-state index in [0.29, 0.717) is 0 Å². The molecule has 0 aromatic carbocycles. The van der Waals surface area contributed by atoms with Crippen LogP contribution < -0.4 is 0 Å². The number of nitrogens with zero attached hydrogens (tertiary/aromatic N) is 5. The Morgan fingerprint density at radius 2 is 1.14 bits per heavy atom. The van der Waals surface area contributed by atoms with E-state index in [9.17, 15) is 0 Å². The molecule has 0 spiro atoms. The molecular formula is C15H37N5Si. The van der Waals surface area contributed by atoms with Gasteiger partial charge in [-0.2, -0.15) is 0 Å². The second kappa shape index (κ2) is 9.56. The standard InChI is InChI=1S/C15H37N5Si/c1-10-16-15(6)20(14-5)21(17(7)11-2,18(8)12-3)19(9)13-4/h10-14H2,1-9H3. The average Bonchev–Trinajstić information content (AvgIpc) is 2.50. The van der Waals surface area contributed by atoms with E-state index in [1.165, 1.54) is 0 Å². The van der Waals surface area contributed by atoms with Gasteiger partial charge in [0.25, 0.3) is 0 Å². The fourth-order valence-electron chi connectivity index (χ4n) is 3.10. The minimum absolute atomic E-state index is 0.842. The molecule has 21 heavy (non-hydrogen) atoms. The number of hydrogen-bond acceptors (Lipinski definition) is 4. The van der Waals surface area contributed by atoms with Crippen LogP contribution in [0.5, 0.6) is 0 Å². The lowest BCUT2D eigenvalue weighted by Gasteiger charge is -2.55. The molecule has 0 unspecified atom stereocenters. The highest BCUT2D eigenvalue weighted by molar-refractivity contribution is 6.71. The Hall–Kier alpha value is -0.433. The molecule has 0 amide bonds. The molecule has 0 atom stereocenters. The third-order valence-corrected chi connectivity index (χ3v) is 9.80. The van der Waals surface area contributed by atoms with Crippen LogP contribution in [0.4, 0.5) is 0 Å². The summed E-state index contributed by atoms with van der Waals surface area (Å²) in [6.07, 6.45) is 0. The predicted octanol–water partition coefficient (Wildman–Crippen LogP) is 2.04. The Kier molecular flexibility index (Phi) is 9.36. The van der Waals surface area contributed by atoms with Gasteiger partial charge in [-0.1, -0.05) is 20.8 Å². The van der Waals surface area contributed by atoms with Crippen LogP contribution >= 0.6 is 0 Å². The van der Waals surface area contributed by atoms with E-state index in [-0.39, 0.29) is 0 Å². The van der Waals surface area contributed by atoms with Gasteiger partial charge in [0.1, 0.15) is 0 Å². The van der Waals surface area contributed by atoms with Crippen molar-refractivity contribution in [2.24, 2.45) is 4.99 Å². The van der Waals surface area contributed by atoms with Crippen molar-refractivity contribution in [2.45, 2.75) is 41.5 Å².